The molecule has 3 heterocycles. The Kier molecular flexibility index (Phi) is 2.85. The van der Waals surface area contributed by atoms with Crippen molar-refractivity contribution in [3.8, 4) is 5.00 Å². The van der Waals surface area contributed by atoms with Crippen LogP contribution in [0.1, 0.15) is 41.4 Å². The van der Waals surface area contributed by atoms with Crippen LogP contribution < -0.4 is 5.32 Å². The standard InChI is InChI=1S/C15H15N3O2S/c19-14-10-5-7-21-15(10)18-6-1-2-13(18)12(16-14)8-11(17-20)9-3-4-9/h1-2,5-7,9,12,20H,3-4,8H2,(H,16,19)/b17-11-. The van der Waals surface area contributed by atoms with Crippen LogP contribution in [0, 0.1) is 5.92 Å². The Morgan fingerprint density at radius 1 is 1.48 bits per heavy atom. The number of carbonyl (C=O) groups excluding carboxylic acids is 1. The molecule has 21 heavy (non-hydrogen) atoms. The van der Waals surface area contributed by atoms with E-state index in [2.05, 4.69) is 15.0 Å². The molecular weight excluding hydrogens is 286 g/mol. The van der Waals surface area contributed by atoms with Gasteiger partial charge >= 0.3 is 0 Å². The molecule has 108 valence electrons. The fourth-order valence-electron chi connectivity index (χ4n) is 2.90. The summed E-state index contributed by atoms with van der Waals surface area (Å²) in [7, 11) is 0. The number of oxime groups is 1. The molecule has 0 bridgehead atoms. The van der Waals surface area contributed by atoms with Crippen molar-refractivity contribution in [3.63, 3.8) is 0 Å². The molecule has 0 radical (unpaired) electrons. The molecule has 2 aromatic heterocycles. The van der Waals surface area contributed by atoms with Crippen LogP contribution in [-0.2, 0) is 0 Å². The predicted octanol–water partition coefficient (Wildman–Crippen LogP) is 2.95. The first-order valence-electron chi connectivity index (χ1n) is 7.04. The average molecular weight is 301 g/mol. The molecule has 1 atom stereocenters. The van der Waals surface area contributed by atoms with E-state index in [0.717, 1.165) is 29.2 Å². The van der Waals surface area contributed by atoms with Gasteiger partial charge in [0.15, 0.2) is 0 Å². The van der Waals surface area contributed by atoms with Gasteiger partial charge in [-0.05, 0) is 36.4 Å². The predicted molar refractivity (Wildman–Crippen MR) is 80.4 cm³/mol. The van der Waals surface area contributed by atoms with Crippen molar-refractivity contribution in [2.75, 3.05) is 0 Å². The zero-order valence-corrected chi connectivity index (χ0v) is 12.1. The SMILES string of the molecule is O=C1NC(C/C(=N/O)C2CC2)c2cccn2-c2sccc21. The summed E-state index contributed by atoms with van der Waals surface area (Å²) in [5.74, 6) is 0.320. The second-order valence-electron chi connectivity index (χ2n) is 5.54. The normalized spacial score (nSPS) is 21.4. The number of hydrogen-bond acceptors (Lipinski definition) is 4. The number of thiophene rings is 1. The molecule has 0 saturated heterocycles. The third kappa shape index (κ3) is 2.06. The molecular formula is C15H15N3O2S. The summed E-state index contributed by atoms with van der Waals surface area (Å²) in [6.45, 7) is 0. The fraction of sp³-hybridized carbons (Fsp3) is 0.333. The lowest BCUT2D eigenvalue weighted by Gasteiger charge is -2.17. The second-order valence-corrected chi connectivity index (χ2v) is 6.43. The molecule has 4 rings (SSSR count). The van der Waals surface area contributed by atoms with Crippen molar-refractivity contribution in [3.05, 3.63) is 41.0 Å². The first kappa shape index (κ1) is 12.6. The maximum absolute atomic E-state index is 12.4. The van der Waals surface area contributed by atoms with Gasteiger partial charge in [0.25, 0.3) is 5.91 Å². The lowest BCUT2D eigenvalue weighted by molar-refractivity contribution is 0.0940. The minimum atomic E-state index is -0.154. The number of nitrogens with one attached hydrogen (secondary N) is 1. The van der Waals surface area contributed by atoms with Crippen LogP contribution in [0.5, 0.6) is 0 Å². The van der Waals surface area contributed by atoms with Crippen LogP contribution in [0.3, 0.4) is 0 Å². The van der Waals surface area contributed by atoms with Gasteiger partial charge in [-0.3, -0.25) is 4.79 Å². The molecule has 2 N–H and O–H groups in total. The van der Waals surface area contributed by atoms with Crippen molar-refractivity contribution in [1.29, 1.82) is 0 Å². The maximum atomic E-state index is 12.4. The third-order valence-electron chi connectivity index (χ3n) is 4.14. The van der Waals surface area contributed by atoms with Crippen LogP contribution in [0.15, 0.2) is 34.9 Å². The van der Waals surface area contributed by atoms with Crippen LogP contribution in [0.4, 0.5) is 0 Å². The Morgan fingerprint density at radius 3 is 3.10 bits per heavy atom. The molecule has 1 fully saturated rings. The Labute approximate surface area is 125 Å². The average Bonchev–Trinajstić information content (AvgIpc) is 3.04. The number of aromatic nitrogens is 1. The number of carbonyl (C=O) groups is 1. The topological polar surface area (TPSA) is 66.6 Å². The van der Waals surface area contributed by atoms with Crippen LogP contribution in [0.2, 0.25) is 0 Å². The smallest absolute Gasteiger partial charge is 0.254 e. The Balaban J connectivity index is 1.73. The maximum Gasteiger partial charge on any atom is 0.254 e. The van der Waals surface area contributed by atoms with Gasteiger partial charge in [-0.1, -0.05) is 5.16 Å². The molecule has 0 aromatic carbocycles. The van der Waals surface area contributed by atoms with Gasteiger partial charge in [-0.15, -0.1) is 11.3 Å². The number of fused-ring (bicyclic) bond motifs is 3. The molecule has 1 saturated carbocycles. The number of nitrogens with zero attached hydrogens (tertiary/aromatic N) is 2. The molecule has 1 unspecified atom stereocenters. The number of hydrogen-bond donors (Lipinski definition) is 2. The van der Waals surface area contributed by atoms with E-state index in [1.54, 1.807) is 11.3 Å². The van der Waals surface area contributed by atoms with Crippen molar-refractivity contribution < 1.29 is 10.0 Å². The van der Waals surface area contributed by atoms with Crippen LogP contribution >= 0.6 is 11.3 Å². The largest absolute Gasteiger partial charge is 0.411 e. The van der Waals surface area contributed by atoms with Gasteiger partial charge in [0.2, 0.25) is 0 Å². The quantitative estimate of drug-likeness (QED) is 0.520. The van der Waals surface area contributed by atoms with Gasteiger partial charge in [0, 0.05) is 24.2 Å². The summed E-state index contributed by atoms with van der Waals surface area (Å²) >= 11 is 1.56. The van der Waals surface area contributed by atoms with E-state index < -0.39 is 0 Å². The summed E-state index contributed by atoms with van der Waals surface area (Å²) in [4.78, 5) is 12.4. The Bertz CT molecular complexity index is 727. The van der Waals surface area contributed by atoms with Gasteiger partial charge in [0.05, 0.1) is 17.3 Å². The summed E-state index contributed by atoms with van der Waals surface area (Å²) in [6, 6.07) is 5.69. The molecule has 1 aliphatic heterocycles. The van der Waals surface area contributed by atoms with Gasteiger partial charge in [0.1, 0.15) is 5.00 Å². The van der Waals surface area contributed by atoms with Crippen molar-refractivity contribution >= 4 is 23.0 Å². The van der Waals surface area contributed by atoms with E-state index in [1.165, 1.54) is 0 Å². The minimum Gasteiger partial charge on any atom is -0.411 e. The van der Waals surface area contributed by atoms with Gasteiger partial charge in [-0.2, -0.15) is 0 Å². The first-order chi connectivity index (χ1) is 10.3. The Morgan fingerprint density at radius 2 is 2.33 bits per heavy atom. The summed E-state index contributed by atoms with van der Waals surface area (Å²) < 4.78 is 2.06. The zero-order valence-electron chi connectivity index (χ0n) is 11.3. The molecule has 1 aliphatic carbocycles. The molecule has 6 heteroatoms. The van der Waals surface area contributed by atoms with Crippen molar-refractivity contribution in [1.82, 2.24) is 9.88 Å². The highest BCUT2D eigenvalue weighted by molar-refractivity contribution is 7.13. The summed E-state index contributed by atoms with van der Waals surface area (Å²) in [5.41, 5.74) is 2.53. The highest BCUT2D eigenvalue weighted by Gasteiger charge is 2.33. The Hall–Kier alpha value is -2.08. The van der Waals surface area contributed by atoms with E-state index in [9.17, 15) is 10.0 Å². The highest BCUT2D eigenvalue weighted by Crippen LogP contribution is 2.36. The molecule has 0 spiro atoms. The second kappa shape index (κ2) is 4.73. The number of amides is 1. The van der Waals surface area contributed by atoms with Crippen LogP contribution in [-0.4, -0.2) is 21.4 Å². The molecule has 2 aliphatic rings. The molecule has 1 amide bonds. The van der Waals surface area contributed by atoms with E-state index in [0.29, 0.717) is 17.9 Å². The summed E-state index contributed by atoms with van der Waals surface area (Å²) in [5, 5.41) is 18.6. The van der Waals surface area contributed by atoms with E-state index in [4.69, 9.17) is 0 Å². The van der Waals surface area contributed by atoms with E-state index >= 15 is 0 Å². The zero-order chi connectivity index (χ0) is 14.4. The lowest BCUT2D eigenvalue weighted by Crippen LogP contribution is -2.29. The minimum absolute atomic E-state index is 0.0620. The van der Waals surface area contributed by atoms with Crippen molar-refractivity contribution in [2.45, 2.75) is 25.3 Å². The summed E-state index contributed by atoms with van der Waals surface area (Å²) in [6.07, 6.45) is 4.69. The van der Waals surface area contributed by atoms with E-state index in [1.807, 2.05) is 29.8 Å². The number of rotatable bonds is 3. The van der Waals surface area contributed by atoms with Gasteiger partial charge in [-0.25, -0.2) is 0 Å². The monoisotopic (exact) mass is 301 g/mol. The van der Waals surface area contributed by atoms with E-state index in [-0.39, 0.29) is 11.9 Å². The van der Waals surface area contributed by atoms with Gasteiger partial charge < -0.3 is 15.1 Å². The third-order valence-corrected chi connectivity index (χ3v) is 5.05. The fourth-order valence-corrected chi connectivity index (χ4v) is 3.80. The molecule has 2 aromatic rings. The molecule has 5 nitrogen and oxygen atoms in total. The van der Waals surface area contributed by atoms with Crippen LogP contribution in [0.25, 0.3) is 5.00 Å². The van der Waals surface area contributed by atoms with Crippen molar-refractivity contribution in [2.24, 2.45) is 11.1 Å². The first-order valence-corrected chi connectivity index (χ1v) is 7.92. The lowest BCUT2D eigenvalue weighted by atomic mass is 10.0. The highest BCUT2D eigenvalue weighted by atomic mass is 32.1.